The summed E-state index contributed by atoms with van der Waals surface area (Å²) in [6, 6.07) is 0. The lowest BCUT2D eigenvalue weighted by atomic mass is 9.88. The highest BCUT2D eigenvalue weighted by atomic mass is 16.2. The van der Waals surface area contributed by atoms with Crippen LogP contribution in [-0.2, 0) is 20.0 Å². The normalized spacial score (nSPS) is 12.1. The van der Waals surface area contributed by atoms with Crippen LogP contribution in [0.3, 0.4) is 0 Å². The summed E-state index contributed by atoms with van der Waals surface area (Å²) in [7, 11) is 1.97. The second-order valence-corrected chi connectivity index (χ2v) is 5.72. The summed E-state index contributed by atoms with van der Waals surface area (Å²) < 4.78 is 1.88. The summed E-state index contributed by atoms with van der Waals surface area (Å²) in [4.78, 5) is 0. The molecule has 1 rings (SSSR count). The summed E-state index contributed by atoms with van der Waals surface area (Å²) in [6.07, 6.45) is 4.99. The molecule has 0 saturated carbocycles. The number of aryl methyl sites for hydroxylation is 2. The molecule has 0 aliphatic rings. The van der Waals surface area contributed by atoms with Crippen molar-refractivity contribution in [1.29, 1.82) is 0 Å². The van der Waals surface area contributed by atoms with E-state index in [9.17, 15) is 0 Å². The minimum atomic E-state index is 0.233. The molecule has 0 aliphatic heterocycles. The van der Waals surface area contributed by atoms with Gasteiger partial charge in [0.25, 0.3) is 0 Å². The molecule has 0 radical (unpaired) electrons. The summed E-state index contributed by atoms with van der Waals surface area (Å²) in [5, 5.41) is 16.8. The lowest BCUT2D eigenvalue weighted by Gasteiger charge is -2.24. The van der Waals surface area contributed by atoms with Gasteiger partial charge in [-0.2, -0.15) is 5.10 Å². The van der Waals surface area contributed by atoms with E-state index in [1.54, 1.807) is 0 Å². The Morgan fingerprint density at radius 2 is 2.17 bits per heavy atom. The molecule has 0 atom stereocenters. The Hall–Kier alpha value is -0.870. The second-order valence-electron chi connectivity index (χ2n) is 5.72. The van der Waals surface area contributed by atoms with Crippen molar-refractivity contribution in [2.24, 2.45) is 12.5 Å². The van der Waals surface area contributed by atoms with Crippen LogP contribution in [0.15, 0.2) is 6.20 Å². The maximum absolute atomic E-state index is 8.87. The van der Waals surface area contributed by atoms with Crippen LogP contribution >= 0.6 is 0 Å². The van der Waals surface area contributed by atoms with Crippen LogP contribution in [0.4, 0.5) is 0 Å². The molecule has 0 spiro atoms. The summed E-state index contributed by atoms with van der Waals surface area (Å²) in [5.74, 6) is 0. The van der Waals surface area contributed by atoms with Gasteiger partial charge in [0.15, 0.2) is 0 Å². The van der Waals surface area contributed by atoms with Gasteiger partial charge in [-0.25, -0.2) is 0 Å². The molecule has 1 aromatic rings. The minimum absolute atomic E-state index is 0.233. The molecule has 4 nitrogen and oxygen atoms in total. The SMILES string of the molecule is CCc1nn(C)cc1CNCC(C)(C)CCCO. The Labute approximate surface area is 110 Å². The quantitative estimate of drug-likeness (QED) is 0.743. The first-order chi connectivity index (χ1) is 8.48. The molecule has 0 aliphatic carbocycles. The first-order valence-electron chi connectivity index (χ1n) is 6.81. The fraction of sp³-hybridized carbons (Fsp3) is 0.786. The van der Waals surface area contributed by atoms with Crippen molar-refractivity contribution in [2.45, 2.75) is 46.6 Å². The van der Waals surface area contributed by atoms with Crippen LogP contribution in [0.5, 0.6) is 0 Å². The topological polar surface area (TPSA) is 50.1 Å². The standard InChI is InChI=1S/C14H27N3O/c1-5-13-12(10-17(4)16-13)9-15-11-14(2,3)7-6-8-18/h10,15,18H,5-9,11H2,1-4H3. The largest absolute Gasteiger partial charge is 0.396 e. The van der Waals surface area contributed by atoms with Crippen LogP contribution in [0.25, 0.3) is 0 Å². The number of aliphatic hydroxyl groups is 1. The molecule has 0 aromatic carbocycles. The smallest absolute Gasteiger partial charge is 0.0666 e. The molecular weight excluding hydrogens is 226 g/mol. The number of nitrogens with one attached hydrogen (secondary N) is 1. The van der Waals surface area contributed by atoms with Crippen LogP contribution in [0.1, 0.15) is 44.9 Å². The van der Waals surface area contributed by atoms with E-state index < -0.39 is 0 Å². The first kappa shape index (κ1) is 15.2. The van der Waals surface area contributed by atoms with Crippen molar-refractivity contribution in [3.05, 3.63) is 17.5 Å². The monoisotopic (exact) mass is 253 g/mol. The molecule has 0 amide bonds. The third-order valence-corrected chi connectivity index (χ3v) is 3.26. The van der Waals surface area contributed by atoms with Crippen molar-refractivity contribution in [1.82, 2.24) is 15.1 Å². The van der Waals surface area contributed by atoms with Crippen LogP contribution < -0.4 is 5.32 Å². The lowest BCUT2D eigenvalue weighted by molar-refractivity contribution is 0.236. The van der Waals surface area contributed by atoms with E-state index in [0.717, 1.165) is 32.4 Å². The predicted octanol–water partition coefficient (Wildman–Crippen LogP) is 1.87. The summed E-state index contributed by atoms with van der Waals surface area (Å²) >= 11 is 0. The Morgan fingerprint density at radius 3 is 2.78 bits per heavy atom. The number of rotatable bonds is 8. The molecule has 2 N–H and O–H groups in total. The van der Waals surface area contributed by atoms with E-state index in [4.69, 9.17) is 5.11 Å². The highest BCUT2D eigenvalue weighted by molar-refractivity contribution is 5.16. The molecule has 1 heterocycles. The van der Waals surface area contributed by atoms with Crippen molar-refractivity contribution >= 4 is 0 Å². The van der Waals surface area contributed by atoms with Crippen molar-refractivity contribution < 1.29 is 5.11 Å². The molecule has 0 saturated heterocycles. The predicted molar refractivity (Wildman–Crippen MR) is 74.4 cm³/mol. The number of hydrogen-bond acceptors (Lipinski definition) is 3. The first-order valence-corrected chi connectivity index (χ1v) is 6.81. The molecule has 104 valence electrons. The zero-order valence-electron chi connectivity index (χ0n) is 12.2. The maximum atomic E-state index is 8.87. The van der Waals surface area contributed by atoms with Gasteiger partial charge in [-0.3, -0.25) is 4.68 Å². The van der Waals surface area contributed by atoms with Crippen LogP contribution in [0.2, 0.25) is 0 Å². The third-order valence-electron chi connectivity index (χ3n) is 3.26. The Bertz CT molecular complexity index is 358. The Balaban J connectivity index is 2.40. The van der Waals surface area contributed by atoms with E-state index in [1.165, 1.54) is 11.3 Å². The second kappa shape index (κ2) is 6.90. The van der Waals surface area contributed by atoms with Gasteiger partial charge in [0.1, 0.15) is 0 Å². The van der Waals surface area contributed by atoms with E-state index in [1.807, 2.05) is 11.7 Å². The Morgan fingerprint density at radius 1 is 1.44 bits per heavy atom. The Kier molecular flexibility index (Phi) is 5.82. The highest BCUT2D eigenvalue weighted by Crippen LogP contribution is 2.21. The van der Waals surface area contributed by atoms with Crippen molar-refractivity contribution in [3.63, 3.8) is 0 Å². The van der Waals surface area contributed by atoms with E-state index in [-0.39, 0.29) is 12.0 Å². The lowest BCUT2D eigenvalue weighted by Crippen LogP contribution is -2.29. The van der Waals surface area contributed by atoms with Crippen molar-refractivity contribution in [2.75, 3.05) is 13.2 Å². The highest BCUT2D eigenvalue weighted by Gasteiger charge is 2.17. The average Bonchev–Trinajstić information content (AvgIpc) is 2.67. The fourth-order valence-electron chi connectivity index (χ4n) is 2.21. The minimum Gasteiger partial charge on any atom is -0.396 e. The number of aromatic nitrogens is 2. The molecule has 18 heavy (non-hydrogen) atoms. The summed E-state index contributed by atoms with van der Waals surface area (Å²) in [5.41, 5.74) is 2.70. The van der Waals surface area contributed by atoms with Gasteiger partial charge >= 0.3 is 0 Å². The average molecular weight is 253 g/mol. The van der Waals surface area contributed by atoms with Gasteiger partial charge < -0.3 is 10.4 Å². The van der Waals surface area contributed by atoms with Gasteiger partial charge in [0, 0.05) is 38.5 Å². The van der Waals surface area contributed by atoms with Gasteiger partial charge in [-0.15, -0.1) is 0 Å². The van der Waals surface area contributed by atoms with E-state index in [0.29, 0.717) is 0 Å². The van der Waals surface area contributed by atoms with Gasteiger partial charge in [-0.1, -0.05) is 20.8 Å². The fourth-order valence-corrected chi connectivity index (χ4v) is 2.21. The summed E-state index contributed by atoms with van der Waals surface area (Å²) in [6.45, 7) is 8.73. The maximum Gasteiger partial charge on any atom is 0.0666 e. The zero-order valence-corrected chi connectivity index (χ0v) is 12.2. The molecule has 4 heteroatoms. The van der Waals surface area contributed by atoms with Gasteiger partial charge in [0.05, 0.1) is 5.69 Å². The molecular formula is C14H27N3O. The zero-order chi connectivity index (χ0) is 13.6. The third kappa shape index (κ3) is 4.78. The van der Waals surface area contributed by atoms with Crippen LogP contribution in [-0.4, -0.2) is 28.0 Å². The number of nitrogens with zero attached hydrogens (tertiary/aromatic N) is 2. The molecule has 0 fully saturated rings. The van der Waals surface area contributed by atoms with Crippen molar-refractivity contribution in [3.8, 4) is 0 Å². The van der Waals surface area contributed by atoms with Gasteiger partial charge in [0.2, 0.25) is 0 Å². The van der Waals surface area contributed by atoms with Crippen LogP contribution in [0, 0.1) is 5.41 Å². The molecule has 1 aromatic heterocycles. The number of aliphatic hydroxyl groups excluding tert-OH is 1. The number of hydrogen-bond donors (Lipinski definition) is 2. The van der Waals surface area contributed by atoms with Gasteiger partial charge in [-0.05, 0) is 24.7 Å². The van der Waals surface area contributed by atoms with E-state index in [2.05, 4.69) is 37.4 Å². The molecule has 0 bridgehead atoms. The molecule has 0 unspecified atom stereocenters. The van der Waals surface area contributed by atoms with E-state index >= 15 is 0 Å².